The number of nitrogens with one attached hydrogen (secondary N) is 1. The van der Waals surface area contributed by atoms with Crippen LogP contribution in [-0.2, 0) is 7.05 Å². The van der Waals surface area contributed by atoms with E-state index in [9.17, 15) is 9.59 Å². The molecule has 0 spiro atoms. The molecule has 1 aliphatic heterocycles. The maximum atomic E-state index is 12.2. The van der Waals surface area contributed by atoms with Crippen LogP contribution in [0.5, 0.6) is 5.75 Å². The van der Waals surface area contributed by atoms with Crippen LogP contribution in [0.4, 0.5) is 10.5 Å². The van der Waals surface area contributed by atoms with E-state index in [-0.39, 0.29) is 17.7 Å². The molecule has 0 bridgehead atoms. The summed E-state index contributed by atoms with van der Waals surface area (Å²) in [6.07, 6.45) is -0.0861. The first-order valence-corrected chi connectivity index (χ1v) is 8.31. The number of hydrogen-bond donors (Lipinski definition) is 1. The van der Waals surface area contributed by atoms with Crippen LogP contribution in [0.3, 0.4) is 0 Å². The molecular formula is C19H23N3O3. The number of pyridine rings is 1. The van der Waals surface area contributed by atoms with Gasteiger partial charge in [0.25, 0.3) is 5.56 Å². The summed E-state index contributed by atoms with van der Waals surface area (Å²) in [5, 5.41) is 2.90. The third-order valence-corrected chi connectivity index (χ3v) is 4.67. The van der Waals surface area contributed by atoms with E-state index in [1.807, 2.05) is 45.0 Å². The topological polar surface area (TPSA) is 63.6 Å². The van der Waals surface area contributed by atoms with E-state index in [2.05, 4.69) is 5.32 Å². The average molecular weight is 341 g/mol. The number of hydrogen-bond acceptors (Lipinski definition) is 3. The van der Waals surface area contributed by atoms with Gasteiger partial charge in [-0.15, -0.1) is 0 Å². The molecule has 0 saturated carbocycles. The van der Waals surface area contributed by atoms with Crippen molar-refractivity contribution in [3.8, 4) is 5.75 Å². The Hall–Kier alpha value is -2.76. The van der Waals surface area contributed by atoms with E-state index in [1.54, 1.807) is 16.5 Å². The van der Waals surface area contributed by atoms with Gasteiger partial charge in [0.15, 0.2) is 0 Å². The van der Waals surface area contributed by atoms with Gasteiger partial charge in [0, 0.05) is 24.5 Å². The van der Waals surface area contributed by atoms with Crippen molar-refractivity contribution in [3.63, 3.8) is 0 Å². The van der Waals surface area contributed by atoms with Gasteiger partial charge in [-0.05, 0) is 50.1 Å². The normalized spacial score (nSPS) is 14.2. The molecule has 1 aromatic carbocycles. The van der Waals surface area contributed by atoms with Gasteiger partial charge in [-0.25, -0.2) is 4.79 Å². The maximum absolute atomic E-state index is 12.2. The number of carbonyl (C=O) groups excluding carboxylic acids is 1. The Morgan fingerprint density at radius 1 is 1.12 bits per heavy atom. The van der Waals surface area contributed by atoms with E-state index >= 15 is 0 Å². The molecule has 6 heteroatoms. The Morgan fingerprint density at radius 2 is 1.84 bits per heavy atom. The predicted octanol–water partition coefficient (Wildman–Crippen LogP) is 2.61. The van der Waals surface area contributed by atoms with Gasteiger partial charge in [0.2, 0.25) is 0 Å². The van der Waals surface area contributed by atoms with Crippen LogP contribution in [0.2, 0.25) is 0 Å². The molecule has 0 aliphatic carbocycles. The number of anilines is 1. The van der Waals surface area contributed by atoms with Crippen LogP contribution >= 0.6 is 0 Å². The number of ether oxygens (including phenoxy) is 1. The third-order valence-electron chi connectivity index (χ3n) is 4.67. The zero-order chi connectivity index (χ0) is 18.1. The average Bonchev–Trinajstić information content (AvgIpc) is 2.51. The molecule has 6 nitrogen and oxygen atoms in total. The van der Waals surface area contributed by atoms with Gasteiger partial charge in [0.1, 0.15) is 11.9 Å². The minimum atomic E-state index is -0.136. The number of likely N-dealkylation sites (tertiary alicyclic amines) is 1. The third kappa shape index (κ3) is 3.68. The van der Waals surface area contributed by atoms with Gasteiger partial charge >= 0.3 is 6.03 Å². The fraction of sp³-hybridized carbons (Fsp3) is 0.368. The number of aromatic nitrogens is 1. The van der Waals surface area contributed by atoms with E-state index in [0.29, 0.717) is 18.8 Å². The van der Waals surface area contributed by atoms with E-state index < -0.39 is 0 Å². The first-order valence-electron chi connectivity index (χ1n) is 8.31. The summed E-state index contributed by atoms with van der Waals surface area (Å²) < 4.78 is 7.36. The Balaban J connectivity index is 1.54. The molecule has 2 amide bonds. The van der Waals surface area contributed by atoms with Crippen molar-refractivity contribution < 1.29 is 9.53 Å². The molecule has 1 aromatic heterocycles. The number of aryl methyl sites for hydroxylation is 3. The highest BCUT2D eigenvalue weighted by molar-refractivity contribution is 5.90. The molecule has 1 N–H and O–H groups in total. The van der Waals surface area contributed by atoms with Crippen LogP contribution in [-0.4, -0.2) is 34.7 Å². The molecule has 1 fully saturated rings. The summed E-state index contributed by atoms with van der Waals surface area (Å²) in [5.74, 6) is 0.555. The van der Waals surface area contributed by atoms with Crippen LogP contribution in [0.15, 0.2) is 35.1 Å². The number of benzene rings is 1. The van der Waals surface area contributed by atoms with Gasteiger partial charge in [-0.2, -0.15) is 0 Å². The highest BCUT2D eigenvalue weighted by Crippen LogP contribution is 2.20. The molecule has 132 valence electrons. The number of amides is 2. The second kappa shape index (κ2) is 6.63. The molecule has 25 heavy (non-hydrogen) atoms. The SMILES string of the molecule is Cc1ccc(NC(=O)N2CC(Oc3cc(C)n(C)c(=O)c3)C2)cc1C. The predicted molar refractivity (Wildman–Crippen MR) is 97.3 cm³/mol. The lowest BCUT2D eigenvalue weighted by Gasteiger charge is -2.38. The molecule has 1 saturated heterocycles. The van der Waals surface area contributed by atoms with E-state index in [4.69, 9.17) is 4.74 Å². The highest BCUT2D eigenvalue weighted by Gasteiger charge is 2.32. The number of nitrogens with zero attached hydrogens (tertiary/aromatic N) is 2. The molecule has 0 unspecified atom stereocenters. The molecule has 0 radical (unpaired) electrons. The summed E-state index contributed by atoms with van der Waals surface area (Å²) in [6, 6.07) is 9.03. The molecule has 2 aromatic rings. The molecule has 3 rings (SSSR count). The summed E-state index contributed by atoms with van der Waals surface area (Å²) in [5.41, 5.74) is 3.87. The molecule has 1 aliphatic rings. The molecule has 2 heterocycles. The zero-order valence-electron chi connectivity index (χ0n) is 15.0. The zero-order valence-corrected chi connectivity index (χ0v) is 15.0. The summed E-state index contributed by atoms with van der Waals surface area (Å²) >= 11 is 0. The van der Waals surface area contributed by atoms with Crippen LogP contribution in [0.25, 0.3) is 0 Å². The standard InChI is InChI=1S/C19H23N3O3/c1-12-5-6-15(7-13(12)2)20-19(24)22-10-17(11-22)25-16-8-14(3)21(4)18(23)9-16/h5-9,17H,10-11H2,1-4H3,(H,20,24). The number of carbonyl (C=O) groups is 1. The molecular weight excluding hydrogens is 318 g/mol. The van der Waals surface area contributed by atoms with Crippen LogP contribution in [0, 0.1) is 20.8 Å². The van der Waals surface area contributed by atoms with Crippen molar-refractivity contribution in [1.29, 1.82) is 0 Å². The summed E-state index contributed by atoms with van der Waals surface area (Å²) in [7, 11) is 1.73. The Morgan fingerprint density at radius 3 is 2.48 bits per heavy atom. The van der Waals surface area contributed by atoms with E-state index in [1.165, 1.54) is 11.6 Å². The van der Waals surface area contributed by atoms with Crippen molar-refractivity contribution in [2.75, 3.05) is 18.4 Å². The lowest BCUT2D eigenvalue weighted by molar-refractivity contribution is 0.0490. The lowest BCUT2D eigenvalue weighted by atomic mass is 10.1. The molecule has 0 atom stereocenters. The largest absolute Gasteiger partial charge is 0.486 e. The lowest BCUT2D eigenvalue weighted by Crippen LogP contribution is -2.57. The minimum Gasteiger partial charge on any atom is -0.486 e. The first kappa shape index (κ1) is 17.1. The van der Waals surface area contributed by atoms with Crippen molar-refractivity contribution in [2.45, 2.75) is 26.9 Å². The Kier molecular flexibility index (Phi) is 4.53. The van der Waals surface area contributed by atoms with Gasteiger partial charge in [-0.3, -0.25) is 4.79 Å². The Bertz CT molecular complexity index is 867. The highest BCUT2D eigenvalue weighted by atomic mass is 16.5. The fourth-order valence-corrected chi connectivity index (χ4v) is 2.70. The summed E-state index contributed by atoms with van der Waals surface area (Å²) in [6.45, 7) is 6.93. The Labute approximate surface area is 147 Å². The van der Waals surface area contributed by atoms with Crippen LogP contribution < -0.4 is 15.6 Å². The van der Waals surface area contributed by atoms with Crippen LogP contribution in [0.1, 0.15) is 16.8 Å². The quantitative estimate of drug-likeness (QED) is 0.933. The van der Waals surface area contributed by atoms with Crippen molar-refractivity contribution in [3.05, 3.63) is 57.5 Å². The van der Waals surface area contributed by atoms with Crippen molar-refractivity contribution in [1.82, 2.24) is 9.47 Å². The smallest absolute Gasteiger partial charge is 0.322 e. The first-order chi connectivity index (χ1) is 11.8. The monoisotopic (exact) mass is 341 g/mol. The van der Waals surface area contributed by atoms with Gasteiger partial charge in [-0.1, -0.05) is 6.07 Å². The maximum Gasteiger partial charge on any atom is 0.322 e. The second-order valence-corrected chi connectivity index (χ2v) is 6.60. The van der Waals surface area contributed by atoms with E-state index in [0.717, 1.165) is 16.9 Å². The van der Waals surface area contributed by atoms with Crippen molar-refractivity contribution in [2.24, 2.45) is 7.05 Å². The second-order valence-electron chi connectivity index (χ2n) is 6.60. The fourth-order valence-electron chi connectivity index (χ4n) is 2.70. The number of urea groups is 1. The van der Waals surface area contributed by atoms with Gasteiger partial charge < -0.3 is 19.5 Å². The minimum absolute atomic E-state index is 0.0861. The van der Waals surface area contributed by atoms with Crippen molar-refractivity contribution >= 4 is 11.7 Å². The summed E-state index contributed by atoms with van der Waals surface area (Å²) in [4.78, 5) is 25.7. The van der Waals surface area contributed by atoms with Gasteiger partial charge in [0.05, 0.1) is 13.1 Å². The number of rotatable bonds is 3.